The van der Waals surface area contributed by atoms with Crippen LogP contribution in [-0.4, -0.2) is 44.1 Å². The lowest BCUT2D eigenvalue weighted by Gasteiger charge is -2.35. The van der Waals surface area contributed by atoms with Crippen LogP contribution < -0.4 is 0 Å². The Bertz CT molecular complexity index is 776. The van der Waals surface area contributed by atoms with Crippen molar-refractivity contribution in [2.75, 3.05) is 7.05 Å². The molecule has 1 saturated carbocycles. The summed E-state index contributed by atoms with van der Waals surface area (Å²) in [4.78, 5) is 28.8. The summed E-state index contributed by atoms with van der Waals surface area (Å²) in [5.41, 5.74) is 1.29. The van der Waals surface area contributed by atoms with E-state index in [9.17, 15) is 9.59 Å². The highest BCUT2D eigenvalue weighted by Crippen LogP contribution is 2.39. The number of carbonyl (C=O) groups is 2. The van der Waals surface area contributed by atoms with Gasteiger partial charge in [-0.15, -0.1) is 0 Å². The zero-order valence-electron chi connectivity index (χ0n) is 14.4. The van der Waals surface area contributed by atoms with Crippen LogP contribution in [0.3, 0.4) is 0 Å². The molecule has 0 atom stereocenters. The Kier molecular flexibility index (Phi) is 3.82. The predicted molar refractivity (Wildman–Crippen MR) is 93.1 cm³/mol. The fourth-order valence-electron chi connectivity index (χ4n) is 4.03. The van der Waals surface area contributed by atoms with Gasteiger partial charge in [-0.25, -0.2) is 9.48 Å². The molecule has 6 nitrogen and oxygen atoms in total. The Labute approximate surface area is 147 Å². The van der Waals surface area contributed by atoms with E-state index in [1.807, 2.05) is 36.5 Å². The van der Waals surface area contributed by atoms with Crippen molar-refractivity contribution in [3.63, 3.8) is 0 Å². The van der Waals surface area contributed by atoms with Gasteiger partial charge in [0.1, 0.15) is 5.54 Å². The first-order valence-electron chi connectivity index (χ1n) is 8.80. The van der Waals surface area contributed by atoms with Crippen molar-refractivity contribution in [1.29, 1.82) is 0 Å². The largest absolute Gasteiger partial charge is 0.327 e. The van der Waals surface area contributed by atoms with Crippen molar-refractivity contribution < 1.29 is 9.59 Å². The highest BCUT2D eigenvalue weighted by atomic mass is 16.2. The maximum atomic E-state index is 13.0. The number of carbonyl (C=O) groups excluding carboxylic acids is 2. The predicted octanol–water partition coefficient (Wildman–Crippen LogP) is 2.97. The number of hydrogen-bond acceptors (Lipinski definition) is 3. The van der Waals surface area contributed by atoms with Crippen molar-refractivity contribution in [3.05, 3.63) is 48.3 Å². The normalized spacial score (nSPS) is 19.9. The number of imide groups is 1. The van der Waals surface area contributed by atoms with Crippen molar-refractivity contribution in [2.24, 2.45) is 0 Å². The average Bonchev–Trinajstić information content (AvgIpc) is 3.24. The maximum Gasteiger partial charge on any atom is 0.327 e. The summed E-state index contributed by atoms with van der Waals surface area (Å²) >= 11 is 0. The Morgan fingerprint density at radius 3 is 2.44 bits per heavy atom. The summed E-state index contributed by atoms with van der Waals surface area (Å²) < 4.78 is 1.78. The summed E-state index contributed by atoms with van der Waals surface area (Å²) in [6, 6.07) is 9.49. The molecule has 0 unspecified atom stereocenters. The summed E-state index contributed by atoms with van der Waals surface area (Å²) in [5.74, 6) is -0.0316. The van der Waals surface area contributed by atoms with Crippen LogP contribution in [0.4, 0.5) is 4.79 Å². The molecule has 0 bridgehead atoms. The quantitative estimate of drug-likeness (QED) is 0.809. The minimum absolute atomic E-state index is 0.0316. The molecule has 2 aromatic rings. The minimum Gasteiger partial charge on any atom is -0.313 e. The maximum absolute atomic E-state index is 13.0. The van der Waals surface area contributed by atoms with E-state index in [0.717, 1.165) is 43.4 Å². The number of likely N-dealkylation sites (N-methyl/N-ethyl adjacent to an activating group) is 1. The van der Waals surface area contributed by atoms with Crippen LogP contribution in [0.1, 0.15) is 37.7 Å². The van der Waals surface area contributed by atoms with Crippen molar-refractivity contribution in [1.82, 2.24) is 19.6 Å². The first-order chi connectivity index (χ1) is 12.1. The highest BCUT2D eigenvalue weighted by Gasteiger charge is 2.55. The molecule has 1 aliphatic carbocycles. The van der Waals surface area contributed by atoms with E-state index in [1.165, 1.54) is 4.90 Å². The molecule has 1 aromatic heterocycles. The van der Waals surface area contributed by atoms with Gasteiger partial charge in [0.15, 0.2) is 0 Å². The third-order valence-corrected chi connectivity index (χ3v) is 5.53. The third kappa shape index (κ3) is 2.52. The standard InChI is InChI=1S/C19H22N4O2/c1-21-18(25)22(17(24)19(21)10-3-2-4-11-19)14-15-6-8-16(9-7-15)23-13-5-12-20-23/h5-9,12-13H,2-4,10-11,14H2,1H3. The molecule has 1 aromatic carbocycles. The number of hydrogen-bond donors (Lipinski definition) is 0. The number of aromatic nitrogens is 2. The summed E-state index contributed by atoms with van der Waals surface area (Å²) in [6.07, 6.45) is 8.34. The fourth-order valence-corrected chi connectivity index (χ4v) is 4.03. The van der Waals surface area contributed by atoms with Crippen molar-refractivity contribution >= 4 is 11.9 Å². The molecule has 2 heterocycles. The second kappa shape index (κ2) is 6.02. The Morgan fingerprint density at radius 2 is 1.80 bits per heavy atom. The zero-order valence-corrected chi connectivity index (χ0v) is 14.4. The lowest BCUT2D eigenvalue weighted by atomic mass is 9.81. The SMILES string of the molecule is CN1C(=O)N(Cc2ccc(-n3cccn3)cc2)C(=O)C12CCCCC2. The number of nitrogens with zero attached hydrogens (tertiary/aromatic N) is 4. The van der Waals surface area contributed by atoms with E-state index in [-0.39, 0.29) is 11.9 Å². The molecule has 3 amide bonds. The van der Waals surface area contributed by atoms with Crippen LogP contribution in [0, 0.1) is 0 Å². The van der Waals surface area contributed by atoms with Gasteiger partial charge in [0.25, 0.3) is 5.91 Å². The van der Waals surface area contributed by atoms with Crippen LogP contribution in [0.5, 0.6) is 0 Å². The number of rotatable bonds is 3. The Morgan fingerprint density at radius 1 is 1.08 bits per heavy atom. The van der Waals surface area contributed by atoms with Gasteiger partial charge in [-0.05, 0) is 36.6 Å². The van der Waals surface area contributed by atoms with E-state index in [1.54, 1.807) is 22.8 Å². The topological polar surface area (TPSA) is 58.4 Å². The molecule has 1 saturated heterocycles. The number of urea groups is 1. The van der Waals surface area contributed by atoms with Gasteiger partial charge >= 0.3 is 6.03 Å². The van der Waals surface area contributed by atoms with E-state index < -0.39 is 5.54 Å². The van der Waals surface area contributed by atoms with E-state index >= 15 is 0 Å². The van der Waals surface area contributed by atoms with Gasteiger partial charge in [0, 0.05) is 19.4 Å². The van der Waals surface area contributed by atoms with Crippen molar-refractivity contribution in [2.45, 2.75) is 44.2 Å². The Balaban J connectivity index is 1.54. The van der Waals surface area contributed by atoms with E-state index in [4.69, 9.17) is 0 Å². The molecule has 130 valence electrons. The summed E-state index contributed by atoms with van der Waals surface area (Å²) in [5, 5.41) is 4.20. The van der Waals surface area contributed by atoms with Gasteiger partial charge in [0.2, 0.25) is 0 Å². The first kappa shape index (κ1) is 15.9. The summed E-state index contributed by atoms with van der Waals surface area (Å²) in [7, 11) is 1.77. The number of amides is 3. The van der Waals surface area contributed by atoms with Crippen molar-refractivity contribution in [3.8, 4) is 5.69 Å². The second-order valence-electron chi connectivity index (χ2n) is 6.94. The molecule has 0 radical (unpaired) electrons. The molecule has 2 fully saturated rings. The molecule has 2 aliphatic rings. The van der Waals surface area contributed by atoms with Gasteiger partial charge < -0.3 is 4.90 Å². The molecule has 4 rings (SSSR count). The monoisotopic (exact) mass is 338 g/mol. The molecular weight excluding hydrogens is 316 g/mol. The number of benzene rings is 1. The van der Waals surface area contributed by atoms with Gasteiger partial charge in [-0.3, -0.25) is 9.69 Å². The molecule has 25 heavy (non-hydrogen) atoms. The lowest BCUT2D eigenvalue weighted by Crippen LogP contribution is -2.49. The van der Waals surface area contributed by atoms with Crippen LogP contribution >= 0.6 is 0 Å². The first-order valence-corrected chi connectivity index (χ1v) is 8.80. The van der Waals surface area contributed by atoms with Gasteiger partial charge in [-0.1, -0.05) is 31.4 Å². The third-order valence-electron chi connectivity index (χ3n) is 5.53. The fraction of sp³-hybridized carbons (Fsp3) is 0.421. The Hall–Kier alpha value is -2.63. The highest BCUT2D eigenvalue weighted by molar-refractivity contribution is 6.06. The van der Waals surface area contributed by atoms with Crippen LogP contribution in [0.25, 0.3) is 5.69 Å². The zero-order chi connectivity index (χ0) is 17.4. The van der Waals surface area contributed by atoms with E-state index in [2.05, 4.69) is 5.10 Å². The van der Waals surface area contributed by atoms with E-state index in [0.29, 0.717) is 6.54 Å². The molecule has 1 aliphatic heterocycles. The molecule has 0 N–H and O–H groups in total. The van der Waals surface area contributed by atoms with Crippen LogP contribution in [0.15, 0.2) is 42.7 Å². The average molecular weight is 338 g/mol. The molecule has 6 heteroatoms. The second-order valence-corrected chi connectivity index (χ2v) is 6.94. The molecular formula is C19H22N4O2. The lowest BCUT2D eigenvalue weighted by molar-refractivity contribution is -0.134. The molecule has 1 spiro atoms. The minimum atomic E-state index is -0.607. The van der Waals surface area contributed by atoms with Gasteiger partial charge in [0.05, 0.1) is 12.2 Å². The van der Waals surface area contributed by atoms with Crippen LogP contribution in [-0.2, 0) is 11.3 Å². The smallest absolute Gasteiger partial charge is 0.313 e. The van der Waals surface area contributed by atoms with Crippen LogP contribution in [0.2, 0.25) is 0 Å². The summed E-state index contributed by atoms with van der Waals surface area (Å²) in [6.45, 7) is 0.323. The van der Waals surface area contributed by atoms with Gasteiger partial charge in [-0.2, -0.15) is 5.10 Å².